The molecule has 5 N–H and O–H groups in total. The third kappa shape index (κ3) is 6.50. The highest BCUT2D eigenvalue weighted by molar-refractivity contribution is 6.32. The van der Waals surface area contributed by atoms with E-state index in [4.69, 9.17) is 32.6 Å². The van der Waals surface area contributed by atoms with Crippen molar-refractivity contribution in [2.24, 2.45) is 5.73 Å². The number of phenolic OH excluding ortho intramolecular Hbond substituents is 2. The van der Waals surface area contributed by atoms with E-state index in [-0.39, 0.29) is 22.1 Å². The van der Waals surface area contributed by atoms with Crippen molar-refractivity contribution in [2.45, 2.75) is 19.9 Å². The predicted octanol–water partition coefficient (Wildman–Crippen LogP) is 4.28. The standard InChI is InChI=1S/C19H22N2O2.C7H6ClNO2/c1-14-10-15(12-20)11-18(22)19(14)23-9-8-21-7-6-16-4-2-3-5-17(16)13-21;8-5-3-4(7(9)11)1-2-6(5)10/h2-5,10-12,20,22H,6-9,13H2,1H3;1-3,10H,(H2,9,11). The van der Waals surface area contributed by atoms with Gasteiger partial charge in [-0.2, -0.15) is 0 Å². The number of primary amides is 1. The SMILES string of the molecule is Cc1cc(C=N)cc(O)c1OCCN1CCc2ccccc2C1.NC(=O)c1ccc(O)c(Cl)c1. The van der Waals surface area contributed by atoms with E-state index >= 15 is 0 Å². The largest absolute Gasteiger partial charge is 0.506 e. The van der Waals surface area contributed by atoms with Gasteiger partial charge in [0.2, 0.25) is 5.91 Å². The van der Waals surface area contributed by atoms with Crippen LogP contribution in [0.15, 0.2) is 54.6 Å². The summed E-state index contributed by atoms with van der Waals surface area (Å²) in [6.07, 6.45) is 2.30. The van der Waals surface area contributed by atoms with E-state index in [9.17, 15) is 9.90 Å². The van der Waals surface area contributed by atoms with E-state index in [1.54, 1.807) is 6.07 Å². The van der Waals surface area contributed by atoms with E-state index in [2.05, 4.69) is 29.2 Å². The molecule has 0 fully saturated rings. The fraction of sp³-hybridized carbons (Fsp3) is 0.231. The third-order valence-electron chi connectivity index (χ3n) is 5.54. The van der Waals surface area contributed by atoms with Crippen LogP contribution in [0.2, 0.25) is 5.02 Å². The highest BCUT2D eigenvalue weighted by Crippen LogP contribution is 2.31. The molecule has 1 amide bonds. The maximum Gasteiger partial charge on any atom is 0.248 e. The number of nitrogens with one attached hydrogen (secondary N) is 1. The van der Waals surface area contributed by atoms with Gasteiger partial charge in [0, 0.05) is 31.4 Å². The maximum absolute atomic E-state index is 10.5. The first-order chi connectivity index (χ1) is 16.3. The van der Waals surface area contributed by atoms with Gasteiger partial charge in [0.15, 0.2) is 11.5 Å². The van der Waals surface area contributed by atoms with Gasteiger partial charge in [-0.25, -0.2) is 0 Å². The molecule has 8 heteroatoms. The minimum absolute atomic E-state index is 0.0586. The quantitative estimate of drug-likeness (QED) is 0.392. The number of halogens is 1. The molecule has 34 heavy (non-hydrogen) atoms. The van der Waals surface area contributed by atoms with Gasteiger partial charge in [0.25, 0.3) is 0 Å². The first-order valence-electron chi connectivity index (χ1n) is 10.8. The van der Waals surface area contributed by atoms with E-state index in [0.29, 0.717) is 17.9 Å². The zero-order valence-corrected chi connectivity index (χ0v) is 19.7. The maximum atomic E-state index is 10.5. The van der Waals surface area contributed by atoms with Crippen LogP contribution >= 0.6 is 11.6 Å². The molecular weight excluding hydrogens is 454 g/mol. The van der Waals surface area contributed by atoms with E-state index in [1.807, 2.05) is 13.0 Å². The van der Waals surface area contributed by atoms with Gasteiger partial charge in [-0.15, -0.1) is 0 Å². The molecule has 7 nitrogen and oxygen atoms in total. The molecule has 178 valence electrons. The summed E-state index contributed by atoms with van der Waals surface area (Å²) >= 11 is 5.50. The van der Waals surface area contributed by atoms with Gasteiger partial charge in [0.1, 0.15) is 12.4 Å². The van der Waals surface area contributed by atoms with Crippen LogP contribution in [0.1, 0.15) is 32.6 Å². The Hall–Kier alpha value is -3.55. The van der Waals surface area contributed by atoms with Crippen LogP contribution in [0.4, 0.5) is 0 Å². The monoisotopic (exact) mass is 481 g/mol. The number of carbonyl (C=O) groups excluding carboxylic acids is 1. The number of hydrogen-bond donors (Lipinski definition) is 4. The first-order valence-corrected chi connectivity index (χ1v) is 11.2. The fourth-order valence-corrected chi connectivity index (χ4v) is 3.92. The van der Waals surface area contributed by atoms with Crippen molar-refractivity contribution < 1.29 is 19.7 Å². The molecule has 0 unspecified atom stereocenters. The van der Waals surface area contributed by atoms with Crippen molar-refractivity contribution in [2.75, 3.05) is 19.7 Å². The highest BCUT2D eigenvalue weighted by atomic mass is 35.5. The topological polar surface area (TPSA) is 120 Å². The lowest BCUT2D eigenvalue weighted by molar-refractivity contribution is 0.100. The molecule has 0 saturated heterocycles. The van der Waals surface area contributed by atoms with Gasteiger partial charge in [-0.05, 0) is 65.9 Å². The second kappa shape index (κ2) is 11.5. The molecule has 1 aliphatic heterocycles. The van der Waals surface area contributed by atoms with Crippen LogP contribution in [0.3, 0.4) is 0 Å². The lowest BCUT2D eigenvalue weighted by Gasteiger charge is -2.28. The van der Waals surface area contributed by atoms with Crippen LogP contribution in [0.5, 0.6) is 17.2 Å². The van der Waals surface area contributed by atoms with Crippen molar-refractivity contribution in [3.63, 3.8) is 0 Å². The number of benzene rings is 3. The van der Waals surface area contributed by atoms with E-state index in [1.165, 1.54) is 35.5 Å². The molecule has 0 aliphatic carbocycles. The second-order valence-electron chi connectivity index (χ2n) is 8.00. The van der Waals surface area contributed by atoms with Crippen molar-refractivity contribution in [3.05, 3.63) is 87.4 Å². The number of hydrogen-bond acceptors (Lipinski definition) is 6. The predicted molar refractivity (Wildman–Crippen MR) is 133 cm³/mol. The number of ether oxygens (including phenoxy) is 1. The van der Waals surface area contributed by atoms with Crippen molar-refractivity contribution in [3.8, 4) is 17.2 Å². The van der Waals surface area contributed by atoms with Crippen molar-refractivity contribution in [1.82, 2.24) is 4.90 Å². The molecule has 1 heterocycles. The molecule has 3 aromatic carbocycles. The van der Waals surface area contributed by atoms with Crippen LogP contribution in [-0.2, 0) is 13.0 Å². The number of rotatable bonds is 6. The number of amides is 1. The molecule has 0 aromatic heterocycles. The minimum Gasteiger partial charge on any atom is -0.506 e. The van der Waals surface area contributed by atoms with E-state index < -0.39 is 5.91 Å². The summed E-state index contributed by atoms with van der Waals surface area (Å²) in [5.74, 6) is 0.00376. The molecule has 0 spiro atoms. The molecule has 3 aromatic rings. The molecule has 0 bridgehead atoms. The molecule has 0 radical (unpaired) electrons. The van der Waals surface area contributed by atoms with Crippen LogP contribution in [-0.4, -0.2) is 46.9 Å². The van der Waals surface area contributed by atoms with Crippen molar-refractivity contribution >= 4 is 23.7 Å². The van der Waals surface area contributed by atoms with Gasteiger partial charge < -0.3 is 26.1 Å². The summed E-state index contributed by atoms with van der Waals surface area (Å²) in [6.45, 7) is 5.26. The normalized spacial score (nSPS) is 12.8. The first kappa shape index (κ1) is 25.1. The molecular formula is C26H28ClN3O4. The zero-order chi connectivity index (χ0) is 24.7. The summed E-state index contributed by atoms with van der Waals surface area (Å²) in [6, 6.07) is 16.0. The number of fused-ring (bicyclic) bond motifs is 1. The number of nitrogens with zero attached hydrogens (tertiary/aromatic N) is 1. The fourth-order valence-electron chi connectivity index (χ4n) is 3.74. The van der Waals surface area contributed by atoms with Crippen molar-refractivity contribution in [1.29, 1.82) is 5.41 Å². The van der Waals surface area contributed by atoms with Crippen LogP contribution in [0, 0.1) is 12.3 Å². The second-order valence-corrected chi connectivity index (χ2v) is 8.41. The van der Waals surface area contributed by atoms with E-state index in [0.717, 1.165) is 31.6 Å². The highest BCUT2D eigenvalue weighted by Gasteiger charge is 2.16. The Morgan fingerprint density at radius 1 is 1.15 bits per heavy atom. The molecule has 0 atom stereocenters. The van der Waals surface area contributed by atoms with Gasteiger partial charge in [-0.3, -0.25) is 9.69 Å². The summed E-state index contributed by atoms with van der Waals surface area (Å²) < 4.78 is 5.79. The number of nitrogens with two attached hydrogens (primary N) is 1. The Morgan fingerprint density at radius 2 is 1.88 bits per heavy atom. The number of phenols is 2. The van der Waals surface area contributed by atoms with Crippen LogP contribution < -0.4 is 10.5 Å². The molecule has 0 saturated carbocycles. The summed E-state index contributed by atoms with van der Waals surface area (Å²) in [5.41, 5.74) is 9.61. The summed E-state index contributed by atoms with van der Waals surface area (Å²) in [4.78, 5) is 12.9. The average Bonchev–Trinajstić information content (AvgIpc) is 2.82. The van der Waals surface area contributed by atoms with Gasteiger partial charge >= 0.3 is 0 Å². The Morgan fingerprint density at radius 3 is 2.53 bits per heavy atom. The number of carbonyl (C=O) groups is 1. The lowest BCUT2D eigenvalue weighted by Crippen LogP contribution is -2.33. The number of aryl methyl sites for hydroxylation is 1. The zero-order valence-electron chi connectivity index (χ0n) is 18.9. The molecule has 4 rings (SSSR count). The average molecular weight is 482 g/mol. The summed E-state index contributed by atoms with van der Waals surface area (Å²) in [7, 11) is 0. The third-order valence-corrected chi connectivity index (χ3v) is 5.84. The Bertz CT molecular complexity index is 1160. The number of aromatic hydroxyl groups is 2. The Kier molecular flexibility index (Phi) is 8.51. The Balaban J connectivity index is 0.000000248. The minimum atomic E-state index is -0.563. The van der Waals surface area contributed by atoms with Gasteiger partial charge in [0.05, 0.1) is 5.02 Å². The molecule has 1 aliphatic rings. The lowest BCUT2D eigenvalue weighted by atomic mass is 10.0. The smallest absolute Gasteiger partial charge is 0.248 e. The van der Waals surface area contributed by atoms with Crippen LogP contribution in [0.25, 0.3) is 0 Å². The van der Waals surface area contributed by atoms with Gasteiger partial charge in [-0.1, -0.05) is 35.9 Å². The summed E-state index contributed by atoms with van der Waals surface area (Å²) in [5, 5.41) is 26.4. The Labute approximate surface area is 203 Å².